The normalized spacial score (nSPS) is 18.8. The average molecular weight is 173 g/mol. The first kappa shape index (κ1) is 11.4. The first-order chi connectivity index (χ1) is 5.37. The number of hydrogen-bond donors (Lipinski definition) is 2. The number of carboxylic acids is 1. The van der Waals surface area contributed by atoms with E-state index >= 15 is 0 Å². The number of carbonyl (C=O) groups is 1. The Kier molecular flexibility index (Phi) is 4.24. The molecule has 3 atom stereocenters. The van der Waals surface area contributed by atoms with E-state index in [9.17, 15) is 4.79 Å². The standard InChI is InChI=1S/C9H19NO2/c1-5(2)6(3)8(10)7(4)9(11)12/h5-8H,10H2,1-4H3,(H,11,12)/t6-,7?,8+/m0/s1. The molecule has 3 nitrogen and oxygen atoms in total. The maximum Gasteiger partial charge on any atom is 0.307 e. The van der Waals surface area contributed by atoms with Gasteiger partial charge >= 0.3 is 5.97 Å². The minimum Gasteiger partial charge on any atom is -0.481 e. The Hall–Kier alpha value is -0.570. The van der Waals surface area contributed by atoms with Gasteiger partial charge in [-0.1, -0.05) is 27.7 Å². The molecule has 0 aliphatic heterocycles. The number of rotatable bonds is 4. The minimum absolute atomic E-state index is 0.246. The second-order valence-corrected chi connectivity index (χ2v) is 3.81. The van der Waals surface area contributed by atoms with E-state index in [0.29, 0.717) is 5.92 Å². The molecule has 1 unspecified atom stereocenters. The molecule has 0 heterocycles. The summed E-state index contributed by atoms with van der Waals surface area (Å²) in [5.74, 6) is -0.588. The van der Waals surface area contributed by atoms with Crippen LogP contribution in [0.15, 0.2) is 0 Å². The number of hydrogen-bond acceptors (Lipinski definition) is 2. The van der Waals surface area contributed by atoms with Crippen LogP contribution in [-0.4, -0.2) is 17.1 Å². The van der Waals surface area contributed by atoms with Crippen molar-refractivity contribution in [1.29, 1.82) is 0 Å². The van der Waals surface area contributed by atoms with E-state index in [2.05, 4.69) is 13.8 Å². The highest BCUT2D eigenvalue weighted by atomic mass is 16.4. The SMILES string of the molecule is CC(C)[C@H](C)[C@@H](N)C(C)C(=O)O. The van der Waals surface area contributed by atoms with Gasteiger partial charge in [-0.25, -0.2) is 0 Å². The van der Waals surface area contributed by atoms with Crippen LogP contribution >= 0.6 is 0 Å². The number of carboxylic acid groups (broad SMARTS) is 1. The fraction of sp³-hybridized carbons (Fsp3) is 0.889. The lowest BCUT2D eigenvalue weighted by Crippen LogP contribution is -2.40. The lowest BCUT2D eigenvalue weighted by atomic mass is 9.84. The summed E-state index contributed by atoms with van der Waals surface area (Å²) in [5, 5.41) is 8.70. The van der Waals surface area contributed by atoms with Crippen LogP contribution < -0.4 is 5.73 Å². The van der Waals surface area contributed by atoms with Gasteiger partial charge in [0.25, 0.3) is 0 Å². The van der Waals surface area contributed by atoms with E-state index < -0.39 is 11.9 Å². The third-order valence-electron chi connectivity index (χ3n) is 2.63. The van der Waals surface area contributed by atoms with Gasteiger partial charge in [-0.3, -0.25) is 4.79 Å². The van der Waals surface area contributed by atoms with E-state index in [1.165, 1.54) is 0 Å². The summed E-state index contributed by atoms with van der Waals surface area (Å²) >= 11 is 0. The van der Waals surface area contributed by atoms with E-state index in [4.69, 9.17) is 10.8 Å². The van der Waals surface area contributed by atoms with Gasteiger partial charge in [0.05, 0.1) is 5.92 Å². The molecule has 0 aliphatic carbocycles. The Morgan fingerprint density at radius 2 is 1.67 bits per heavy atom. The molecule has 0 saturated carbocycles. The minimum atomic E-state index is -0.810. The topological polar surface area (TPSA) is 63.3 Å². The smallest absolute Gasteiger partial charge is 0.307 e. The van der Waals surface area contributed by atoms with Gasteiger partial charge in [0, 0.05) is 6.04 Å². The summed E-state index contributed by atoms with van der Waals surface area (Å²) < 4.78 is 0. The van der Waals surface area contributed by atoms with Crippen molar-refractivity contribution in [2.45, 2.75) is 33.7 Å². The van der Waals surface area contributed by atoms with Crippen LogP contribution in [-0.2, 0) is 4.79 Å². The molecule has 0 aromatic heterocycles. The molecule has 12 heavy (non-hydrogen) atoms. The highest BCUT2D eigenvalue weighted by molar-refractivity contribution is 5.70. The third kappa shape index (κ3) is 2.81. The molecule has 0 aromatic carbocycles. The summed E-state index contributed by atoms with van der Waals surface area (Å²) in [6, 6.07) is -0.248. The van der Waals surface area contributed by atoms with E-state index in [-0.39, 0.29) is 12.0 Å². The summed E-state index contributed by atoms with van der Waals surface area (Å²) in [7, 11) is 0. The molecular weight excluding hydrogens is 154 g/mol. The van der Waals surface area contributed by atoms with Crippen molar-refractivity contribution in [2.75, 3.05) is 0 Å². The lowest BCUT2D eigenvalue weighted by molar-refractivity contribution is -0.142. The molecule has 0 fully saturated rings. The zero-order valence-corrected chi connectivity index (χ0v) is 8.24. The Morgan fingerprint density at radius 1 is 1.25 bits per heavy atom. The van der Waals surface area contributed by atoms with Crippen molar-refractivity contribution in [2.24, 2.45) is 23.5 Å². The molecule has 0 radical (unpaired) electrons. The highest BCUT2D eigenvalue weighted by Crippen LogP contribution is 2.18. The van der Waals surface area contributed by atoms with Crippen LogP contribution in [0.5, 0.6) is 0 Å². The van der Waals surface area contributed by atoms with Crippen LogP contribution in [0.25, 0.3) is 0 Å². The van der Waals surface area contributed by atoms with Crippen LogP contribution in [0.3, 0.4) is 0 Å². The molecule has 3 heteroatoms. The second kappa shape index (κ2) is 4.45. The van der Waals surface area contributed by atoms with Crippen molar-refractivity contribution >= 4 is 5.97 Å². The van der Waals surface area contributed by atoms with Crippen LogP contribution in [0.2, 0.25) is 0 Å². The van der Waals surface area contributed by atoms with Crippen LogP contribution in [0, 0.1) is 17.8 Å². The van der Waals surface area contributed by atoms with Crippen molar-refractivity contribution in [3.8, 4) is 0 Å². The van der Waals surface area contributed by atoms with Gasteiger partial charge in [-0.05, 0) is 11.8 Å². The molecular formula is C9H19NO2. The first-order valence-corrected chi connectivity index (χ1v) is 4.36. The second-order valence-electron chi connectivity index (χ2n) is 3.81. The maximum atomic E-state index is 10.6. The van der Waals surface area contributed by atoms with E-state index in [1.54, 1.807) is 6.92 Å². The Morgan fingerprint density at radius 3 is 1.92 bits per heavy atom. The fourth-order valence-corrected chi connectivity index (χ4v) is 1.06. The number of aliphatic carboxylic acids is 1. The summed E-state index contributed by atoms with van der Waals surface area (Å²) in [5.41, 5.74) is 5.78. The molecule has 0 aromatic rings. The Bertz CT molecular complexity index is 157. The van der Waals surface area contributed by atoms with E-state index in [0.717, 1.165) is 0 Å². The summed E-state index contributed by atoms with van der Waals surface area (Å²) in [6.07, 6.45) is 0. The number of nitrogens with two attached hydrogens (primary N) is 1. The van der Waals surface area contributed by atoms with Crippen molar-refractivity contribution in [1.82, 2.24) is 0 Å². The maximum absolute atomic E-state index is 10.6. The molecule has 0 spiro atoms. The molecule has 3 N–H and O–H groups in total. The molecule has 0 saturated heterocycles. The summed E-state index contributed by atoms with van der Waals surface area (Å²) in [4.78, 5) is 10.6. The van der Waals surface area contributed by atoms with Crippen LogP contribution in [0.1, 0.15) is 27.7 Å². The predicted octanol–water partition coefficient (Wildman–Crippen LogP) is 1.33. The quantitative estimate of drug-likeness (QED) is 0.674. The van der Waals surface area contributed by atoms with Gasteiger partial charge in [-0.2, -0.15) is 0 Å². The predicted molar refractivity (Wildman–Crippen MR) is 48.8 cm³/mol. The lowest BCUT2D eigenvalue weighted by Gasteiger charge is -2.26. The zero-order chi connectivity index (χ0) is 9.89. The fourth-order valence-electron chi connectivity index (χ4n) is 1.06. The first-order valence-electron chi connectivity index (χ1n) is 4.36. The van der Waals surface area contributed by atoms with Crippen molar-refractivity contribution in [3.63, 3.8) is 0 Å². The molecule has 72 valence electrons. The molecule has 0 aliphatic rings. The molecule has 0 bridgehead atoms. The Balaban J connectivity index is 4.18. The van der Waals surface area contributed by atoms with E-state index in [1.807, 2.05) is 6.92 Å². The van der Waals surface area contributed by atoms with Crippen LogP contribution in [0.4, 0.5) is 0 Å². The Labute approximate surface area is 74.0 Å². The molecule has 0 amide bonds. The van der Waals surface area contributed by atoms with Gasteiger partial charge in [0.1, 0.15) is 0 Å². The monoisotopic (exact) mass is 173 g/mol. The average Bonchev–Trinajstić information content (AvgIpc) is 2.00. The summed E-state index contributed by atoms with van der Waals surface area (Å²) in [6.45, 7) is 7.76. The zero-order valence-electron chi connectivity index (χ0n) is 8.24. The van der Waals surface area contributed by atoms with Gasteiger partial charge < -0.3 is 10.8 Å². The third-order valence-corrected chi connectivity index (χ3v) is 2.63. The van der Waals surface area contributed by atoms with Gasteiger partial charge in [0.2, 0.25) is 0 Å². The highest BCUT2D eigenvalue weighted by Gasteiger charge is 2.26. The van der Waals surface area contributed by atoms with Gasteiger partial charge in [-0.15, -0.1) is 0 Å². The van der Waals surface area contributed by atoms with Gasteiger partial charge in [0.15, 0.2) is 0 Å². The van der Waals surface area contributed by atoms with Crippen molar-refractivity contribution < 1.29 is 9.90 Å². The largest absolute Gasteiger partial charge is 0.481 e. The van der Waals surface area contributed by atoms with Crippen molar-refractivity contribution in [3.05, 3.63) is 0 Å². The molecule has 0 rings (SSSR count).